The van der Waals surface area contributed by atoms with E-state index in [2.05, 4.69) is 15.0 Å². The number of pyridine rings is 1. The Labute approximate surface area is 121 Å². The summed E-state index contributed by atoms with van der Waals surface area (Å²) in [6.07, 6.45) is -15.0. The van der Waals surface area contributed by atoms with Crippen molar-refractivity contribution in [3.05, 3.63) is 22.8 Å². The minimum Gasteiger partial charge on any atom is -0.370 e. The van der Waals surface area contributed by atoms with Gasteiger partial charge in [-0.1, -0.05) is 11.6 Å². The van der Waals surface area contributed by atoms with Gasteiger partial charge in [0.05, 0.1) is 17.3 Å². The lowest BCUT2D eigenvalue weighted by molar-refractivity contribution is -0.324. The first-order valence-electron chi connectivity index (χ1n) is 5.70. The quantitative estimate of drug-likeness (QED) is 0.819. The molecule has 21 heavy (non-hydrogen) atoms. The van der Waals surface area contributed by atoms with Crippen LogP contribution < -0.4 is 5.32 Å². The van der Waals surface area contributed by atoms with Crippen LogP contribution in [-0.2, 0) is 11.3 Å². The Balaban J connectivity index is 2.88. The van der Waals surface area contributed by atoms with Crippen molar-refractivity contribution >= 4 is 17.4 Å². The van der Waals surface area contributed by atoms with E-state index in [-0.39, 0.29) is 16.5 Å². The summed E-state index contributed by atoms with van der Waals surface area (Å²) in [6.45, 7) is 1.21. The molecule has 1 aromatic heterocycles. The largest absolute Gasteiger partial charge is 0.423 e. The van der Waals surface area contributed by atoms with Gasteiger partial charge in [0, 0.05) is 6.54 Å². The fraction of sp³-hybridized carbons (Fsp3) is 0.545. The molecule has 0 saturated carbocycles. The summed E-state index contributed by atoms with van der Waals surface area (Å²) >= 11 is 5.68. The average molecular weight is 337 g/mol. The number of nitrogens with one attached hydrogen (secondary N) is 1. The second-order valence-corrected chi connectivity index (χ2v) is 4.34. The van der Waals surface area contributed by atoms with Crippen molar-refractivity contribution in [3.8, 4) is 0 Å². The van der Waals surface area contributed by atoms with Crippen LogP contribution in [0.15, 0.2) is 12.1 Å². The molecule has 0 spiro atoms. The molecular weight excluding hydrogens is 326 g/mol. The number of halogens is 7. The van der Waals surface area contributed by atoms with Gasteiger partial charge in [0.2, 0.25) is 6.10 Å². The fourth-order valence-corrected chi connectivity index (χ4v) is 1.56. The first-order chi connectivity index (χ1) is 9.55. The highest BCUT2D eigenvalue weighted by Crippen LogP contribution is 2.36. The van der Waals surface area contributed by atoms with E-state index in [1.54, 1.807) is 6.92 Å². The molecule has 10 heteroatoms. The maximum Gasteiger partial charge on any atom is 0.423 e. The molecule has 1 aromatic rings. The minimum absolute atomic E-state index is 0.0836. The summed E-state index contributed by atoms with van der Waals surface area (Å²) in [5.74, 6) is 0.274. The van der Waals surface area contributed by atoms with Gasteiger partial charge in [0.15, 0.2) is 0 Å². The van der Waals surface area contributed by atoms with Gasteiger partial charge in [0.1, 0.15) is 5.82 Å². The molecule has 0 aliphatic rings. The Kier molecular flexibility index (Phi) is 5.68. The summed E-state index contributed by atoms with van der Waals surface area (Å²) in [5, 5.41) is 2.67. The highest BCUT2D eigenvalue weighted by atomic mass is 35.5. The van der Waals surface area contributed by atoms with Crippen LogP contribution in [0.25, 0.3) is 0 Å². The third-order valence-electron chi connectivity index (χ3n) is 2.26. The average Bonchev–Trinajstić information content (AvgIpc) is 2.30. The lowest BCUT2D eigenvalue weighted by atomic mass is 10.3. The van der Waals surface area contributed by atoms with Crippen LogP contribution in [0.1, 0.15) is 12.6 Å². The van der Waals surface area contributed by atoms with E-state index in [9.17, 15) is 26.3 Å². The molecule has 0 bridgehead atoms. The minimum atomic E-state index is -5.57. The molecule has 120 valence electrons. The third-order valence-corrected chi connectivity index (χ3v) is 2.60. The molecule has 1 N–H and O–H groups in total. The second-order valence-electron chi connectivity index (χ2n) is 3.93. The van der Waals surface area contributed by atoms with Crippen LogP contribution >= 0.6 is 11.6 Å². The first kappa shape index (κ1) is 17.8. The van der Waals surface area contributed by atoms with E-state index in [4.69, 9.17) is 11.6 Å². The van der Waals surface area contributed by atoms with Crippen molar-refractivity contribution < 1.29 is 31.1 Å². The van der Waals surface area contributed by atoms with E-state index in [0.29, 0.717) is 6.54 Å². The number of aromatic nitrogens is 1. The van der Waals surface area contributed by atoms with Crippen LogP contribution in [-0.4, -0.2) is 30.0 Å². The van der Waals surface area contributed by atoms with Crippen molar-refractivity contribution in [3.63, 3.8) is 0 Å². The molecule has 1 heterocycles. The van der Waals surface area contributed by atoms with Gasteiger partial charge in [-0.25, -0.2) is 4.98 Å². The van der Waals surface area contributed by atoms with Gasteiger partial charge in [-0.15, -0.1) is 0 Å². The summed E-state index contributed by atoms with van der Waals surface area (Å²) in [4.78, 5) is 3.80. The van der Waals surface area contributed by atoms with Gasteiger partial charge in [-0.05, 0) is 19.1 Å². The molecule has 0 aliphatic heterocycles. The van der Waals surface area contributed by atoms with Crippen LogP contribution in [0, 0.1) is 0 Å². The molecule has 0 fully saturated rings. The molecule has 0 aromatic carbocycles. The zero-order valence-electron chi connectivity index (χ0n) is 10.6. The number of hydrogen-bond acceptors (Lipinski definition) is 3. The number of alkyl halides is 6. The van der Waals surface area contributed by atoms with Crippen LogP contribution in [0.2, 0.25) is 5.02 Å². The Morgan fingerprint density at radius 1 is 1.19 bits per heavy atom. The van der Waals surface area contributed by atoms with Crippen LogP contribution in [0.3, 0.4) is 0 Å². The molecule has 3 nitrogen and oxygen atoms in total. The summed E-state index contributed by atoms with van der Waals surface area (Å²) in [5.41, 5.74) is -0.214. The van der Waals surface area contributed by atoms with Gasteiger partial charge >= 0.3 is 12.4 Å². The summed E-state index contributed by atoms with van der Waals surface area (Å²) in [7, 11) is 0. The third kappa shape index (κ3) is 5.24. The lowest BCUT2D eigenvalue weighted by Crippen LogP contribution is -2.44. The highest BCUT2D eigenvalue weighted by Gasteiger charge is 2.58. The van der Waals surface area contributed by atoms with Gasteiger partial charge in [-0.3, -0.25) is 0 Å². The maximum atomic E-state index is 12.3. The van der Waals surface area contributed by atoms with E-state index >= 15 is 0 Å². The smallest absolute Gasteiger partial charge is 0.370 e. The van der Waals surface area contributed by atoms with Gasteiger partial charge in [0.25, 0.3) is 0 Å². The van der Waals surface area contributed by atoms with Crippen molar-refractivity contribution in [1.29, 1.82) is 0 Å². The monoisotopic (exact) mass is 336 g/mol. The van der Waals surface area contributed by atoms with Crippen molar-refractivity contribution in [2.24, 2.45) is 0 Å². The maximum absolute atomic E-state index is 12.3. The Morgan fingerprint density at radius 3 is 2.24 bits per heavy atom. The van der Waals surface area contributed by atoms with Gasteiger partial charge < -0.3 is 10.1 Å². The van der Waals surface area contributed by atoms with Crippen molar-refractivity contribution in [2.75, 3.05) is 11.9 Å². The summed E-state index contributed by atoms with van der Waals surface area (Å²) < 4.78 is 77.8. The highest BCUT2D eigenvalue weighted by molar-refractivity contribution is 6.31. The molecule has 1 rings (SSSR count). The number of hydrogen-bond donors (Lipinski definition) is 1. The zero-order chi connectivity index (χ0) is 16.3. The molecule has 0 amide bonds. The molecule has 0 aliphatic carbocycles. The van der Waals surface area contributed by atoms with E-state index in [1.165, 1.54) is 12.1 Å². The predicted octanol–water partition coefficient (Wildman–Crippen LogP) is 4.18. The number of anilines is 1. The summed E-state index contributed by atoms with van der Waals surface area (Å²) in [6, 6.07) is 2.75. The van der Waals surface area contributed by atoms with E-state index in [0.717, 1.165) is 0 Å². The molecule has 0 saturated heterocycles. The Hall–Kier alpha value is -1.22. The topological polar surface area (TPSA) is 34.1 Å². The number of rotatable bonds is 5. The number of ether oxygens (including phenoxy) is 1. The predicted molar refractivity (Wildman–Crippen MR) is 64.1 cm³/mol. The Bertz CT molecular complexity index is 463. The lowest BCUT2D eigenvalue weighted by Gasteiger charge is -2.23. The molecule has 0 unspecified atom stereocenters. The zero-order valence-corrected chi connectivity index (χ0v) is 11.4. The second kappa shape index (κ2) is 6.69. The van der Waals surface area contributed by atoms with Crippen LogP contribution in [0.4, 0.5) is 32.2 Å². The van der Waals surface area contributed by atoms with Crippen LogP contribution in [0.5, 0.6) is 0 Å². The SMILES string of the molecule is CCNc1ccc(Cl)c(COC(C(F)(F)F)C(F)(F)F)n1. The van der Waals surface area contributed by atoms with E-state index < -0.39 is 25.1 Å². The normalized spacial score (nSPS) is 12.8. The standard InChI is InChI=1S/C11H11ClF6N2O/c1-2-19-8-4-3-6(12)7(20-8)5-21-9(10(13,14)15)11(16,17)18/h3-4,9H,2,5H2,1H3,(H,19,20). The van der Waals surface area contributed by atoms with Crippen molar-refractivity contribution in [2.45, 2.75) is 32.0 Å². The van der Waals surface area contributed by atoms with Gasteiger partial charge in [-0.2, -0.15) is 26.3 Å². The molecule has 0 radical (unpaired) electrons. The van der Waals surface area contributed by atoms with Crippen molar-refractivity contribution in [1.82, 2.24) is 4.98 Å². The van der Waals surface area contributed by atoms with E-state index in [1.807, 2.05) is 0 Å². The molecular formula is C11H11ClF6N2O. The Morgan fingerprint density at radius 2 is 1.76 bits per heavy atom. The first-order valence-corrected chi connectivity index (χ1v) is 6.07. The number of nitrogens with zero attached hydrogens (tertiary/aromatic N) is 1. The fourth-order valence-electron chi connectivity index (χ4n) is 1.40. The molecule has 0 atom stereocenters.